The van der Waals surface area contributed by atoms with Crippen LogP contribution in [-0.2, 0) is 27.4 Å². The molecule has 4 rings (SSSR count). The van der Waals surface area contributed by atoms with Gasteiger partial charge in [0.1, 0.15) is 11.9 Å². The molecule has 2 atom stereocenters. The minimum absolute atomic E-state index is 0.113. The van der Waals surface area contributed by atoms with Crippen LogP contribution >= 0.6 is 0 Å². The highest BCUT2D eigenvalue weighted by atomic mass is 19.1. The predicted molar refractivity (Wildman–Crippen MR) is 121 cm³/mol. The first kappa shape index (κ1) is 22.1. The quantitative estimate of drug-likeness (QED) is 0.557. The van der Waals surface area contributed by atoms with Crippen LogP contribution in [0.3, 0.4) is 0 Å². The third kappa shape index (κ3) is 5.79. The van der Waals surface area contributed by atoms with E-state index in [1.807, 2.05) is 36.4 Å². The number of hydrogen-bond donors (Lipinski definition) is 2. The zero-order chi connectivity index (χ0) is 23.0. The van der Waals surface area contributed by atoms with Gasteiger partial charge in [0.15, 0.2) is 0 Å². The largest absolute Gasteiger partial charge is 0.382 e. The number of hydrogen-bond acceptors (Lipinski definition) is 5. The molecule has 1 aliphatic heterocycles. The Morgan fingerprint density at radius 2 is 1.79 bits per heavy atom. The van der Waals surface area contributed by atoms with Gasteiger partial charge in [-0.05, 0) is 23.3 Å². The summed E-state index contributed by atoms with van der Waals surface area (Å²) in [5, 5.41) is 9.51. The van der Waals surface area contributed by atoms with E-state index in [1.165, 1.54) is 6.07 Å². The van der Waals surface area contributed by atoms with Gasteiger partial charge in [-0.3, -0.25) is 14.6 Å². The van der Waals surface area contributed by atoms with E-state index >= 15 is 0 Å². The first-order valence-corrected chi connectivity index (χ1v) is 10.6. The molecule has 1 aromatic heterocycles. The number of rotatable bonds is 8. The first-order valence-electron chi connectivity index (χ1n) is 10.6. The molecule has 2 heterocycles. The Morgan fingerprint density at radius 3 is 2.55 bits per heavy atom. The number of benzene rings is 2. The van der Waals surface area contributed by atoms with Crippen molar-refractivity contribution in [2.45, 2.75) is 31.5 Å². The number of oxime groups is 1. The lowest BCUT2D eigenvalue weighted by Crippen LogP contribution is -2.50. The van der Waals surface area contributed by atoms with Gasteiger partial charge in [-0.25, -0.2) is 4.39 Å². The van der Waals surface area contributed by atoms with Crippen LogP contribution in [0.15, 0.2) is 84.3 Å². The zero-order valence-corrected chi connectivity index (χ0v) is 17.8. The molecule has 3 aromatic rings. The third-order valence-electron chi connectivity index (χ3n) is 5.25. The lowest BCUT2D eigenvalue weighted by atomic mass is 10.0. The second kappa shape index (κ2) is 10.5. The predicted octanol–water partition coefficient (Wildman–Crippen LogP) is 2.76. The van der Waals surface area contributed by atoms with E-state index < -0.39 is 23.9 Å². The van der Waals surface area contributed by atoms with Gasteiger partial charge in [0, 0.05) is 37.3 Å². The fraction of sp³-hybridized carbons (Fsp3) is 0.200. The van der Waals surface area contributed by atoms with Gasteiger partial charge in [0.05, 0.1) is 5.71 Å². The van der Waals surface area contributed by atoms with Gasteiger partial charge in [-0.15, -0.1) is 0 Å². The van der Waals surface area contributed by atoms with E-state index in [-0.39, 0.29) is 18.9 Å². The SMILES string of the molecule is O=C(NCc1cccnc1)C(Cc1ccccc1)NC(=O)C1CC(c2ccccc2F)=NO1. The van der Waals surface area contributed by atoms with Crippen molar-refractivity contribution < 1.29 is 18.8 Å². The van der Waals surface area contributed by atoms with Crippen LogP contribution in [0, 0.1) is 5.82 Å². The van der Waals surface area contributed by atoms with Crippen molar-refractivity contribution in [1.82, 2.24) is 15.6 Å². The third-order valence-corrected chi connectivity index (χ3v) is 5.25. The average Bonchev–Trinajstić information content (AvgIpc) is 3.34. The Balaban J connectivity index is 1.41. The summed E-state index contributed by atoms with van der Waals surface area (Å²) in [6.45, 7) is 0.286. The van der Waals surface area contributed by atoms with E-state index in [0.717, 1.165) is 11.1 Å². The Morgan fingerprint density at radius 1 is 1.03 bits per heavy atom. The standard InChI is InChI=1S/C25H23FN4O3/c26-20-11-5-4-10-19(20)21-14-23(33-30-21)25(32)29-22(13-17-7-2-1-3-8-17)24(31)28-16-18-9-6-12-27-15-18/h1-12,15,22-23H,13-14,16H2,(H,28,31)(H,29,32). The molecule has 0 radical (unpaired) electrons. The van der Waals surface area contributed by atoms with E-state index in [0.29, 0.717) is 17.7 Å². The maximum absolute atomic E-state index is 14.1. The number of pyridine rings is 1. The van der Waals surface area contributed by atoms with Crippen molar-refractivity contribution in [1.29, 1.82) is 0 Å². The number of nitrogens with one attached hydrogen (secondary N) is 2. The Labute approximate surface area is 190 Å². The Bertz CT molecular complexity index is 1140. The fourth-order valence-electron chi connectivity index (χ4n) is 3.51. The highest BCUT2D eigenvalue weighted by Gasteiger charge is 2.32. The molecule has 168 valence electrons. The summed E-state index contributed by atoms with van der Waals surface area (Å²) in [7, 11) is 0. The maximum atomic E-state index is 14.1. The number of amides is 2. The van der Waals surface area contributed by atoms with Gasteiger partial charge in [0.25, 0.3) is 5.91 Å². The summed E-state index contributed by atoms with van der Waals surface area (Å²) in [4.78, 5) is 35.1. The molecule has 0 fully saturated rings. The number of carbonyl (C=O) groups is 2. The van der Waals surface area contributed by atoms with E-state index in [1.54, 1.807) is 36.7 Å². The normalized spacial score (nSPS) is 15.8. The molecule has 0 saturated heterocycles. The molecule has 2 unspecified atom stereocenters. The van der Waals surface area contributed by atoms with Crippen LogP contribution in [0.5, 0.6) is 0 Å². The van der Waals surface area contributed by atoms with Crippen molar-refractivity contribution >= 4 is 17.5 Å². The van der Waals surface area contributed by atoms with Gasteiger partial charge < -0.3 is 15.5 Å². The molecule has 2 N–H and O–H groups in total. The topological polar surface area (TPSA) is 92.7 Å². The first-order chi connectivity index (χ1) is 16.1. The highest BCUT2D eigenvalue weighted by molar-refractivity contribution is 6.04. The molecule has 8 heteroatoms. The summed E-state index contributed by atoms with van der Waals surface area (Å²) in [5.41, 5.74) is 2.39. The van der Waals surface area contributed by atoms with Crippen LogP contribution in [0.2, 0.25) is 0 Å². The second-order valence-electron chi connectivity index (χ2n) is 7.65. The minimum atomic E-state index is -0.941. The lowest BCUT2D eigenvalue weighted by molar-refractivity contribution is -0.135. The van der Waals surface area contributed by atoms with Crippen LogP contribution in [0.25, 0.3) is 0 Å². The summed E-state index contributed by atoms with van der Waals surface area (Å²) < 4.78 is 14.1. The number of carbonyl (C=O) groups excluding carboxylic acids is 2. The number of halogens is 1. The fourth-order valence-corrected chi connectivity index (χ4v) is 3.51. The number of aromatic nitrogens is 1. The van der Waals surface area contributed by atoms with Crippen molar-refractivity contribution in [2.75, 3.05) is 0 Å². The molecular weight excluding hydrogens is 423 g/mol. The molecule has 7 nitrogen and oxygen atoms in total. The van der Waals surface area contributed by atoms with E-state index in [2.05, 4.69) is 20.8 Å². The van der Waals surface area contributed by atoms with Gasteiger partial charge in [0.2, 0.25) is 12.0 Å². The van der Waals surface area contributed by atoms with Gasteiger partial charge in [-0.2, -0.15) is 0 Å². The maximum Gasteiger partial charge on any atom is 0.265 e. The van der Waals surface area contributed by atoms with E-state index in [9.17, 15) is 14.0 Å². The minimum Gasteiger partial charge on any atom is -0.382 e. The van der Waals surface area contributed by atoms with Crippen molar-refractivity contribution in [3.63, 3.8) is 0 Å². The van der Waals surface area contributed by atoms with Crippen molar-refractivity contribution in [3.05, 3.63) is 102 Å². The number of nitrogens with zero attached hydrogens (tertiary/aromatic N) is 2. The molecular formula is C25H23FN4O3. The molecule has 0 aliphatic carbocycles. The second-order valence-corrected chi connectivity index (χ2v) is 7.65. The van der Waals surface area contributed by atoms with Crippen LogP contribution in [-0.4, -0.2) is 34.7 Å². The monoisotopic (exact) mass is 446 g/mol. The molecule has 0 bridgehead atoms. The Hall–Kier alpha value is -4.07. The van der Waals surface area contributed by atoms with Crippen LogP contribution in [0.4, 0.5) is 4.39 Å². The lowest BCUT2D eigenvalue weighted by Gasteiger charge is -2.20. The molecule has 1 aliphatic rings. The highest BCUT2D eigenvalue weighted by Crippen LogP contribution is 2.19. The van der Waals surface area contributed by atoms with E-state index in [4.69, 9.17) is 4.84 Å². The molecule has 0 saturated carbocycles. The zero-order valence-electron chi connectivity index (χ0n) is 17.8. The van der Waals surface area contributed by atoms with Crippen molar-refractivity contribution in [3.8, 4) is 0 Å². The van der Waals surface area contributed by atoms with Gasteiger partial charge in [-0.1, -0.05) is 59.8 Å². The smallest absolute Gasteiger partial charge is 0.265 e. The van der Waals surface area contributed by atoms with Gasteiger partial charge >= 0.3 is 0 Å². The summed E-state index contributed by atoms with van der Waals surface area (Å²) in [6.07, 6.45) is 2.80. The van der Waals surface area contributed by atoms with Crippen molar-refractivity contribution in [2.24, 2.45) is 5.16 Å². The molecule has 0 spiro atoms. The van der Waals surface area contributed by atoms with Crippen LogP contribution in [0.1, 0.15) is 23.1 Å². The summed E-state index contributed by atoms with van der Waals surface area (Å²) in [5.74, 6) is -1.25. The van der Waals surface area contributed by atoms with Crippen LogP contribution < -0.4 is 10.6 Å². The average molecular weight is 446 g/mol. The molecule has 33 heavy (non-hydrogen) atoms. The Kier molecular flexibility index (Phi) is 7.04. The molecule has 2 aromatic carbocycles. The summed E-state index contributed by atoms with van der Waals surface area (Å²) in [6, 6.07) is 18.4. The molecule has 2 amide bonds. The summed E-state index contributed by atoms with van der Waals surface area (Å²) >= 11 is 0.